The standard InChI is InChI=1S/C31H33N2O2S.CH4O.ClH.Ru/c1-25-20-22-29(23-21-25)36(34,35)33-31(28-18-9-4-10-19-28)30(27-16-7-3-8-17-27)32-24-12-11-15-26-13-5-2-6-14-26;1-2;;/h2-10,13-14,16-23,30-32H,11-12,15,24H2,1H3;2H,1H3;1H;/q-1;;;+2/p-1/t30-,31-;;;/m1.../s1. The maximum absolute atomic E-state index is 13.4. The van der Waals surface area contributed by atoms with Crippen LogP contribution in [0.2, 0.25) is 0 Å². The molecule has 0 aliphatic heterocycles. The summed E-state index contributed by atoms with van der Waals surface area (Å²) in [5.41, 5.74) is 4.21. The minimum Gasteiger partial charge on any atom is -1.00 e. The third-order valence-electron chi connectivity index (χ3n) is 6.29. The predicted octanol–water partition coefficient (Wildman–Crippen LogP) is 3.76. The number of nitrogens with zero attached hydrogens (tertiary/aromatic N) is 1. The topological polar surface area (TPSA) is 80.5 Å². The molecular formula is C32H37ClN2O3RuS. The molecule has 0 bridgehead atoms. The molecule has 0 unspecified atom stereocenters. The molecule has 2 atom stereocenters. The van der Waals surface area contributed by atoms with E-state index in [2.05, 4.69) is 34.3 Å². The van der Waals surface area contributed by atoms with Crippen LogP contribution in [0.3, 0.4) is 0 Å². The van der Waals surface area contributed by atoms with Crippen LogP contribution in [0, 0.1) is 6.92 Å². The fraction of sp³-hybridized carbons (Fsp3) is 0.250. The molecule has 0 heterocycles. The maximum atomic E-state index is 13.4. The van der Waals surface area contributed by atoms with Crippen LogP contribution in [0.15, 0.2) is 120 Å². The zero-order valence-electron chi connectivity index (χ0n) is 22.8. The molecule has 4 aromatic carbocycles. The van der Waals surface area contributed by atoms with Gasteiger partial charge in [0.2, 0.25) is 0 Å². The fourth-order valence-electron chi connectivity index (χ4n) is 4.31. The first-order chi connectivity index (χ1) is 18.5. The summed E-state index contributed by atoms with van der Waals surface area (Å²) in [5.74, 6) is 0. The van der Waals surface area contributed by atoms with Crippen LogP contribution >= 0.6 is 0 Å². The molecule has 0 aromatic heterocycles. The Hall–Kier alpha value is -2.38. The first kappa shape index (κ1) is 35.6. The Kier molecular flexibility index (Phi) is 16.8. The van der Waals surface area contributed by atoms with Crippen molar-refractivity contribution < 1.29 is 45.4 Å². The summed E-state index contributed by atoms with van der Waals surface area (Å²) in [6.07, 6.45) is 3.05. The van der Waals surface area contributed by atoms with Gasteiger partial charge in [-0.3, -0.25) is 0 Å². The SMILES string of the molecule is CO.Cc1ccc(S(=O)(=O)[N-][C@H](c2ccccc2)[C@H](NCCCCc2ccccc2)c2ccccc2)cc1.[Cl-].[Ru+2]. The van der Waals surface area contributed by atoms with E-state index >= 15 is 0 Å². The Balaban J connectivity index is 0.00000196. The van der Waals surface area contributed by atoms with Gasteiger partial charge in [-0.25, -0.2) is 8.42 Å². The van der Waals surface area contributed by atoms with E-state index in [-0.39, 0.29) is 42.8 Å². The Morgan fingerprint density at radius 2 is 1.23 bits per heavy atom. The first-order valence-electron chi connectivity index (χ1n) is 12.9. The molecule has 0 spiro atoms. The van der Waals surface area contributed by atoms with Gasteiger partial charge in [0.05, 0.1) is 0 Å². The molecule has 40 heavy (non-hydrogen) atoms. The number of hydrogen-bond donors (Lipinski definition) is 2. The minimum absolute atomic E-state index is 0. The normalized spacial score (nSPS) is 12.1. The molecule has 2 N–H and O–H groups in total. The van der Waals surface area contributed by atoms with E-state index in [1.54, 1.807) is 24.3 Å². The average molecular weight is 666 g/mol. The van der Waals surface area contributed by atoms with E-state index in [0.29, 0.717) is 0 Å². The number of hydrogen-bond acceptors (Lipinski definition) is 4. The van der Waals surface area contributed by atoms with E-state index in [9.17, 15) is 8.42 Å². The van der Waals surface area contributed by atoms with Gasteiger partial charge in [0.25, 0.3) is 0 Å². The summed E-state index contributed by atoms with van der Waals surface area (Å²) in [6.45, 7) is 2.70. The molecule has 0 aliphatic carbocycles. The van der Waals surface area contributed by atoms with Crippen LogP contribution in [0.5, 0.6) is 0 Å². The number of aliphatic hydroxyl groups is 1. The van der Waals surface area contributed by atoms with Crippen molar-refractivity contribution >= 4 is 10.0 Å². The maximum Gasteiger partial charge on any atom is 2.00 e. The molecule has 0 saturated carbocycles. The molecule has 0 aliphatic rings. The predicted molar refractivity (Wildman–Crippen MR) is 156 cm³/mol. The van der Waals surface area contributed by atoms with Crippen molar-refractivity contribution in [3.8, 4) is 0 Å². The number of sulfonamides is 1. The van der Waals surface area contributed by atoms with Crippen molar-refractivity contribution in [2.24, 2.45) is 0 Å². The van der Waals surface area contributed by atoms with Crippen LogP contribution < -0.4 is 17.7 Å². The Labute approximate surface area is 258 Å². The second kappa shape index (κ2) is 18.9. The molecule has 0 fully saturated rings. The van der Waals surface area contributed by atoms with Gasteiger partial charge in [0, 0.05) is 18.0 Å². The second-order valence-electron chi connectivity index (χ2n) is 9.03. The summed E-state index contributed by atoms with van der Waals surface area (Å²) in [5, 5.41) is 10.6. The van der Waals surface area contributed by atoms with Crippen LogP contribution in [0.25, 0.3) is 4.72 Å². The number of aryl methyl sites for hydroxylation is 2. The summed E-state index contributed by atoms with van der Waals surface area (Å²) in [4.78, 5) is 0.212. The van der Waals surface area contributed by atoms with Crippen LogP contribution in [-0.4, -0.2) is 27.2 Å². The van der Waals surface area contributed by atoms with E-state index in [1.165, 1.54) is 5.56 Å². The number of halogens is 1. The zero-order valence-corrected chi connectivity index (χ0v) is 26.1. The van der Waals surface area contributed by atoms with E-state index in [1.807, 2.05) is 73.7 Å². The summed E-state index contributed by atoms with van der Waals surface area (Å²) >= 11 is 0. The van der Waals surface area contributed by atoms with Crippen LogP contribution in [0.4, 0.5) is 0 Å². The van der Waals surface area contributed by atoms with Crippen LogP contribution in [-0.2, 0) is 35.9 Å². The molecule has 5 nitrogen and oxygen atoms in total. The molecule has 0 saturated heterocycles. The first-order valence-corrected chi connectivity index (χ1v) is 14.3. The smallest absolute Gasteiger partial charge is 1.00 e. The van der Waals surface area contributed by atoms with Gasteiger partial charge in [-0.15, -0.1) is 0 Å². The molecule has 4 rings (SSSR count). The number of benzene rings is 4. The summed E-state index contributed by atoms with van der Waals surface area (Å²) in [7, 11) is -2.86. The third-order valence-corrected chi connectivity index (χ3v) is 7.66. The number of unbranched alkanes of at least 4 members (excludes halogenated alkanes) is 1. The number of nitrogens with one attached hydrogen (secondary N) is 1. The minimum atomic E-state index is -3.86. The van der Waals surface area contributed by atoms with Gasteiger partial charge in [-0.1, -0.05) is 120 Å². The third kappa shape index (κ3) is 10.9. The van der Waals surface area contributed by atoms with Gasteiger partial charge in [0.15, 0.2) is 0 Å². The molecule has 8 heteroatoms. The molecule has 0 amide bonds. The zero-order chi connectivity index (χ0) is 27.2. The van der Waals surface area contributed by atoms with Crippen molar-refractivity contribution in [3.05, 3.63) is 142 Å². The monoisotopic (exact) mass is 666 g/mol. The van der Waals surface area contributed by atoms with Crippen LogP contribution in [0.1, 0.15) is 47.2 Å². The number of aliphatic hydroxyl groups excluding tert-OH is 1. The van der Waals surface area contributed by atoms with Gasteiger partial charge >= 0.3 is 19.5 Å². The van der Waals surface area contributed by atoms with Crippen molar-refractivity contribution in [1.29, 1.82) is 0 Å². The second-order valence-corrected chi connectivity index (χ2v) is 10.7. The number of rotatable bonds is 12. The molecule has 0 radical (unpaired) electrons. The molecule has 214 valence electrons. The van der Waals surface area contributed by atoms with Crippen molar-refractivity contribution in [3.63, 3.8) is 0 Å². The van der Waals surface area contributed by atoms with Crippen molar-refractivity contribution in [2.45, 2.75) is 43.2 Å². The Morgan fingerprint density at radius 1 is 0.725 bits per heavy atom. The van der Waals surface area contributed by atoms with Gasteiger partial charge in [-0.05, 0) is 56.0 Å². The van der Waals surface area contributed by atoms with E-state index in [4.69, 9.17) is 5.11 Å². The van der Waals surface area contributed by atoms with Gasteiger partial charge in [0.1, 0.15) is 10.0 Å². The van der Waals surface area contributed by atoms with Crippen molar-refractivity contribution in [1.82, 2.24) is 5.32 Å². The fourth-order valence-corrected chi connectivity index (χ4v) is 5.46. The summed E-state index contributed by atoms with van der Waals surface area (Å²) in [6, 6.07) is 36.2. The Morgan fingerprint density at radius 3 is 1.77 bits per heavy atom. The molecule has 4 aromatic rings. The average Bonchev–Trinajstić information content (AvgIpc) is 2.97. The van der Waals surface area contributed by atoms with E-state index in [0.717, 1.165) is 49.6 Å². The quantitative estimate of drug-likeness (QED) is 0.179. The van der Waals surface area contributed by atoms with Gasteiger partial charge < -0.3 is 27.6 Å². The van der Waals surface area contributed by atoms with Gasteiger partial charge in [-0.2, -0.15) is 0 Å². The molecular weight excluding hydrogens is 629 g/mol. The van der Waals surface area contributed by atoms with E-state index < -0.39 is 16.1 Å². The van der Waals surface area contributed by atoms with Crippen molar-refractivity contribution in [2.75, 3.05) is 13.7 Å². The largest absolute Gasteiger partial charge is 2.00 e. The Bertz CT molecular complexity index is 1310. The summed E-state index contributed by atoms with van der Waals surface area (Å²) < 4.78 is 31.3.